The van der Waals surface area contributed by atoms with E-state index in [-0.39, 0.29) is 5.11 Å². The minimum atomic E-state index is 0.259. The van der Waals surface area contributed by atoms with E-state index in [0.29, 0.717) is 6.04 Å². The molecule has 0 aliphatic carbocycles. The Morgan fingerprint density at radius 2 is 2.19 bits per heavy atom. The Morgan fingerprint density at radius 3 is 2.95 bits per heavy atom. The molecular weight excluding hydrogens is 327 g/mol. The van der Waals surface area contributed by atoms with Crippen LogP contribution in [0.5, 0.6) is 0 Å². The third kappa shape index (κ3) is 5.27. The first kappa shape index (κ1) is 16.8. The fourth-order valence-electron chi connectivity index (χ4n) is 2.64. The van der Waals surface area contributed by atoms with Gasteiger partial charge in [0.2, 0.25) is 0 Å². The minimum absolute atomic E-state index is 0.259. The van der Waals surface area contributed by atoms with Crippen molar-refractivity contribution in [1.82, 2.24) is 15.8 Å². The van der Waals surface area contributed by atoms with E-state index in [0.717, 1.165) is 41.7 Å². The molecule has 1 aromatic carbocycles. The van der Waals surface area contributed by atoms with Crippen LogP contribution in [0.1, 0.15) is 24.8 Å². The lowest BCUT2D eigenvalue weighted by atomic mass is 10.0. The van der Waals surface area contributed by atoms with Gasteiger partial charge in [0.05, 0.1) is 0 Å². The Balaban J connectivity index is 1.97. The Labute approximate surface area is 140 Å². The van der Waals surface area contributed by atoms with Gasteiger partial charge in [-0.1, -0.05) is 29.6 Å². The monoisotopic (exact) mass is 346 g/mol. The van der Waals surface area contributed by atoms with Gasteiger partial charge in [-0.05, 0) is 55.4 Å². The summed E-state index contributed by atoms with van der Waals surface area (Å²) >= 11 is 17.1. The van der Waals surface area contributed by atoms with Crippen molar-refractivity contribution < 1.29 is 0 Å². The zero-order valence-electron chi connectivity index (χ0n) is 11.7. The van der Waals surface area contributed by atoms with Crippen LogP contribution in [0.4, 0.5) is 0 Å². The second-order valence-electron chi connectivity index (χ2n) is 5.23. The molecule has 2 rings (SSSR count). The van der Waals surface area contributed by atoms with Crippen LogP contribution in [0.3, 0.4) is 0 Å². The first-order valence-electron chi connectivity index (χ1n) is 7.02. The molecule has 1 aliphatic rings. The third-order valence-corrected chi connectivity index (χ3v) is 4.39. The maximum Gasteiger partial charge on any atom is 0.178 e. The van der Waals surface area contributed by atoms with Crippen LogP contribution in [0, 0.1) is 0 Å². The number of likely N-dealkylation sites (tertiary alicyclic amines) is 1. The summed E-state index contributed by atoms with van der Waals surface area (Å²) in [6.45, 7) is 2.65. The van der Waals surface area contributed by atoms with E-state index in [9.17, 15) is 0 Å². The van der Waals surface area contributed by atoms with Gasteiger partial charge in [-0.15, -0.1) is 0 Å². The van der Waals surface area contributed by atoms with Crippen molar-refractivity contribution in [3.05, 3.63) is 33.8 Å². The Kier molecular flexibility index (Phi) is 6.51. The van der Waals surface area contributed by atoms with Crippen LogP contribution in [0.15, 0.2) is 18.2 Å². The van der Waals surface area contributed by atoms with E-state index in [1.165, 1.54) is 12.8 Å². The van der Waals surface area contributed by atoms with Crippen LogP contribution in [-0.2, 0) is 6.54 Å². The second kappa shape index (κ2) is 8.15. The van der Waals surface area contributed by atoms with Gasteiger partial charge in [0, 0.05) is 29.2 Å². The van der Waals surface area contributed by atoms with Gasteiger partial charge in [0.1, 0.15) is 0 Å². The summed E-state index contributed by atoms with van der Waals surface area (Å²) in [7, 11) is 0. The number of halogens is 2. The topological polar surface area (TPSA) is 53.3 Å². The van der Waals surface area contributed by atoms with Crippen molar-refractivity contribution in [3.8, 4) is 0 Å². The zero-order valence-corrected chi connectivity index (χ0v) is 14.1. The Bertz CT molecular complexity index is 498. The van der Waals surface area contributed by atoms with Crippen LogP contribution in [0.25, 0.3) is 0 Å². The average Bonchev–Trinajstić information content (AvgIpc) is 2.44. The first-order valence-corrected chi connectivity index (χ1v) is 8.19. The van der Waals surface area contributed by atoms with Crippen LogP contribution in [0.2, 0.25) is 10.0 Å². The number of nitrogens with one attached hydrogen (secondary N) is 2. The molecule has 1 aromatic rings. The number of benzene rings is 1. The summed E-state index contributed by atoms with van der Waals surface area (Å²) in [4.78, 5) is 2.43. The highest BCUT2D eigenvalue weighted by Gasteiger charge is 2.22. The molecule has 4 N–H and O–H groups in total. The molecule has 21 heavy (non-hydrogen) atoms. The molecule has 4 nitrogen and oxygen atoms in total. The zero-order chi connectivity index (χ0) is 15.2. The van der Waals surface area contributed by atoms with E-state index in [2.05, 4.69) is 15.8 Å². The standard InChI is InChI=1S/C14H20Cl2N4S/c15-11-4-5-13(16)10(7-11)9-20-6-2-1-3-12(20)8-18-19-14(17)21/h4-5,7,12,18H,1-3,6,8-9H2,(H3,17,19,21). The number of hydrogen-bond donors (Lipinski definition) is 3. The quantitative estimate of drug-likeness (QED) is 0.565. The SMILES string of the molecule is NC(=S)NNCC1CCCCN1Cc1cc(Cl)ccc1Cl. The summed E-state index contributed by atoms with van der Waals surface area (Å²) in [6, 6.07) is 6.03. The molecule has 7 heteroatoms. The molecule has 0 aromatic heterocycles. The number of nitrogens with zero attached hydrogens (tertiary/aromatic N) is 1. The molecule has 0 bridgehead atoms. The fraction of sp³-hybridized carbons (Fsp3) is 0.500. The Hall–Kier alpha value is -0.590. The number of hydrogen-bond acceptors (Lipinski definition) is 3. The molecule has 1 saturated heterocycles. The molecule has 0 amide bonds. The molecule has 1 heterocycles. The molecule has 1 atom stereocenters. The van der Waals surface area contributed by atoms with Gasteiger partial charge >= 0.3 is 0 Å². The highest BCUT2D eigenvalue weighted by Crippen LogP contribution is 2.25. The molecule has 0 spiro atoms. The smallest absolute Gasteiger partial charge is 0.178 e. The normalized spacial score (nSPS) is 19.4. The van der Waals surface area contributed by atoms with Crippen molar-refractivity contribution in [2.45, 2.75) is 31.8 Å². The van der Waals surface area contributed by atoms with Crippen LogP contribution >= 0.6 is 35.4 Å². The number of thiocarbonyl (C=S) groups is 1. The van der Waals surface area contributed by atoms with E-state index < -0.39 is 0 Å². The maximum absolute atomic E-state index is 6.26. The molecular formula is C14H20Cl2N4S. The summed E-state index contributed by atoms with van der Waals surface area (Å²) < 4.78 is 0. The largest absolute Gasteiger partial charge is 0.375 e. The van der Waals surface area contributed by atoms with Crippen molar-refractivity contribution in [2.75, 3.05) is 13.1 Å². The van der Waals surface area contributed by atoms with Gasteiger partial charge < -0.3 is 5.73 Å². The lowest BCUT2D eigenvalue weighted by Gasteiger charge is -2.36. The summed E-state index contributed by atoms with van der Waals surface area (Å²) in [5.41, 5.74) is 12.3. The summed E-state index contributed by atoms with van der Waals surface area (Å²) in [5.74, 6) is 0. The number of rotatable bonds is 5. The van der Waals surface area contributed by atoms with Gasteiger partial charge in [-0.2, -0.15) is 0 Å². The van der Waals surface area contributed by atoms with E-state index in [1.54, 1.807) is 0 Å². The lowest BCUT2D eigenvalue weighted by Crippen LogP contribution is -2.50. The van der Waals surface area contributed by atoms with Crippen molar-refractivity contribution in [1.29, 1.82) is 0 Å². The molecule has 116 valence electrons. The van der Waals surface area contributed by atoms with Gasteiger partial charge in [-0.3, -0.25) is 10.3 Å². The van der Waals surface area contributed by atoms with E-state index in [1.807, 2.05) is 18.2 Å². The molecule has 1 fully saturated rings. The second-order valence-corrected chi connectivity index (χ2v) is 6.51. The first-order chi connectivity index (χ1) is 10.1. The van der Waals surface area contributed by atoms with Crippen molar-refractivity contribution in [3.63, 3.8) is 0 Å². The van der Waals surface area contributed by atoms with Crippen molar-refractivity contribution >= 4 is 40.5 Å². The van der Waals surface area contributed by atoms with Crippen LogP contribution in [-0.4, -0.2) is 29.1 Å². The molecule has 1 unspecified atom stereocenters. The van der Waals surface area contributed by atoms with Crippen LogP contribution < -0.4 is 16.6 Å². The molecule has 0 saturated carbocycles. The molecule has 1 aliphatic heterocycles. The van der Waals surface area contributed by atoms with E-state index >= 15 is 0 Å². The van der Waals surface area contributed by atoms with Gasteiger partial charge in [-0.25, -0.2) is 5.43 Å². The lowest BCUT2D eigenvalue weighted by molar-refractivity contribution is 0.136. The van der Waals surface area contributed by atoms with Gasteiger partial charge in [0.25, 0.3) is 0 Å². The average molecular weight is 347 g/mol. The predicted octanol–water partition coefficient (Wildman–Crippen LogP) is 2.69. The molecule has 0 radical (unpaired) electrons. The summed E-state index contributed by atoms with van der Waals surface area (Å²) in [5, 5.41) is 1.74. The third-order valence-electron chi connectivity index (χ3n) is 3.68. The van der Waals surface area contributed by atoms with Gasteiger partial charge in [0.15, 0.2) is 5.11 Å². The number of hydrazine groups is 1. The minimum Gasteiger partial charge on any atom is -0.375 e. The van der Waals surface area contributed by atoms with E-state index in [4.69, 9.17) is 41.2 Å². The fourth-order valence-corrected chi connectivity index (χ4v) is 3.08. The predicted molar refractivity (Wildman–Crippen MR) is 92.4 cm³/mol. The summed E-state index contributed by atoms with van der Waals surface area (Å²) in [6.07, 6.45) is 3.58. The Morgan fingerprint density at radius 1 is 1.38 bits per heavy atom. The number of piperidine rings is 1. The maximum atomic E-state index is 6.26. The highest BCUT2D eigenvalue weighted by atomic mass is 35.5. The number of nitrogens with two attached hydrogens (primary N) is 1. The highest BCUT2D eigenvalue weighted by molar-refractivity contribution is 7.80. The van der Waals surface area contributed by atoms with Crippen molar-refractivity contribution in [2.24, 2.45) is 5.73 Å².